The van der Waals surface area contributed by atoms with Crippen LogP contribution in [0.3, 0.4) is 0 Å². The molecular weight excluding hydrogens is 483 g/mol. The lowest BCUT2D eigenvalue weighted by Crippen LogP contribution is -2.29. The van der Waals surface area contributed by atoms with E-state index in [4.69, 9.17) is 47.0 Å². The predicted molar refractivity (Wildman–Crippen MR) is 130 cm³/mol. The molecule has 1 saturated heterocycles. The van der Waals surface area contributed by atoms with Gasteiger partial charge in [0, 0.05) is 13.0 Å². The Hall–Kier alpha value is -1.57. The lowest BCUT2D eigenvalue weighted by Gasteiger charge is -2.14. The van der Waals surface area contributed by atoms with Gasteiger partial charge >= 0.3 is 0 Å². The summed E-state index contributed by atoms with van der Waals surface area (Å²) in [7, 11) is 0. The summed E-state index contributed by atoms with van der Waals surface area (Å²) in [5, 5.41) is 3.62. The van der Waals surface area contributed by atoms with E-state index in [1.165, 1.54) is 28.8 Å². The molecule has 0 aliphatic carbocycles. The van der Waals surface area contributed by atoms with Gasteiger partial charge in [-0.2, -0.15) is 0 Å². The molecule has 3 rings (SSSR count). The normalized spacial score (nSPS) is 15.2. The quantitative estimate of drug-likeness (QED) is 0.277. The van der Waals surface area contributed by atoms with Crippen molar-refractivity contribution in [3.8, 4) is 0 Å². The number of nitrogens with one attached hydrogen (secondary N) is 1. The highest BCUT2D eigenvalue weighted by molar-refractivity contribution is 8.26. The minimum Gasteiger partial charge on any atom is -0.325 e. The summed E-state index contributed by atoms with van der Waals surface area (Å²) in [6.07, 6.45) is 2.48. The second-order valence-electron chi connectivity index (χ2n) is 6.64. The molecule has 30 heavy (non-hydrogen) atoms. The van der Waals surface area contributed by atoms with Crippen LogP contribution in [0.1, 0.15) is 24.0 Å². The van der Waals surface area contributed by atoms with E-state index in [1.807, 2.05) is 37.3 Å². The summed E-state index contributed by atoms with van der Waals surface area (Å²) in [6, 6.07) is 10.9. The van der Waals surface area contributed by atoms with Crippen LogP contribution < -0.4 is 5.32 Å². The Balaban J connectivity index is 1.55. The Labute approximate surface area is 199 Å². The van der Waals surface area contributed by atoms with Crippen LogP contribution in [0.5, 0.6) is 0 Å². The van der Waals surface area contributed by atoms with Crippen molar-refractivity contribution >= 4 is 86.7 Å². The van der Waals surface area contributed by atoms with Crippen molar-refractivity contribution in [3.63, 3.8) is 0 Å². The van der Waals surface area contributed by atoms with Gasteiger partial charge < -0.3 is 5.32 Å². The number of benzene rings is 2. The number of amides is 2. The van der Waals surface area contributed by atoms with Gasteiger partial charge in [-0.25, -0.2) is 0 Å². The van der Waals surface area contributed by atoms with Gasteiger partial charge in [-0.3, -0.25) is 14.5 Å². The summed E-state index contributed by atoms with van der Waals surface area (Å²) >= 11 is 24.5. The molecule has 1 fully saturated rings. The number of anilines is 1. The van der Waals surface area contributed by atoms with Crippen LogP contribution in [-0.4, -0.2) is 27.6 Å². The molecule has 0 radical (unpaired) electrons. The van der Waals surface area contributed by atoms with Gasteiger partial charge in [-0.15, -0.1) is 0 Å². The molecule has 156 valence electrons. The zero-order chi connectivity index (χ0) is 21.8. The summed E-state index contributed by atoms with van der Waals surface area (Å²) in [6.45, 7) is 2.37. The Morgan fingerprint density at radius 2 is 1.80 bits per heavy atom. The highest BCUT2D eigenvalue weighted by Gasteiger charge is 2.31. The molecule has 1 heterocycles. The van der Waals surface area contributed by atoms with E-state index in [1.54, 1.807) is 0 Å². The average Bonchev–Trinajstić information content (AvgIpc) is 2.95. The standard InChI is InChI=1S/C21H17Cl3N2O2S2/c1-12-4-6-13(7-5-12)9-18-20(28)26(21(29)30-18)8-2-3-19(27)25-17-11-15(23)14(22)10-16(17)24/h4-7,9-11H,2-3,8H2,1H3,(H,25,27)/b18-9-. The van der Waals surface area contributed by atoms with Gasteiger partial charge in [-0.05, 0) is 37.1 Å². The van der Waals surface area contributed by atoms with Crippen LogP contribution >= 0.6 is 58.8 Å². The monoisotopic (exact) mass is 498 g/mol. The molecular formula is C21H17Cl3N2O2S2. The van der Waals surface area contributed by atoms with Crippen molar-refractivity contribution in [2.24, 2.45) is 0 Å². The first-order chi connectivity index (χ1) is 14.2. The smallest absolute Gasteiger partial charge is 0.266 e. The van der Waals surface area contributed by atoms with Crippen LogP contribution in [0.4, 0.5) is 5.69 Å². The molecule has 2 aromatic rings. The number of aryl methyl sites for hydroxylation is 1. The maximum Gasteiger partial charge on any atom is 0.266 e. The number of halogens is 3. The van der Waals surface area contributed by atoms with Crippen LogP contribution in [0.2, 0.25) is 15.1 Å². The fourth-order valence-electron chi connectivity index (χ4n) is 2.74. The van der Waals surface area contributed by atoms with Gasteiger partial charge in [0.1, 0.15) is 4.32 Å². The Bertz CT molecular complexity index is 1040. The minimum atomic E-state index is -0.240. The van der Waals surface area contributed by atoms with Crippen molar-refractivity contribution < 1.29 is 9.59 Å². The van der Waals surface area contributed by atoms with E-state index in [9.17, 15) is 9.59 Å². The average molecular weight is 500 g/mol. The van der Waals surface area contributed by atoms with Crippen LogP contribution in [0, 0.1) is 6.92 Å². The molecule has 4 nitrogen and oxygen atoms in total. The van der Waals surface area contributed by atoms with Crippen molar-refractivity contribution in [2.75, 3.05) is 11.9 Å². The topological polar surface area (TPSA) is 49.4 Å². The Kier molecular flexibility index (Phi) is 7.82. The third-order valence-electron chi connectivity index (χ3n) is 4.32. The summed E-state index contributed by atoms with van der Waals surface area (Å²) < 4.78 is 0.492. The fraction of sp³-hybridized carbons (Fsp3) is 0.190. The van der Waals surface area contributed by atoms with Gasteiger partial charge in [-0.1, -0.05) is 88.6 Å². The number of hydrogen-bond donors (Lipinski definition) is 1. The maximum atomic E-state index is 12.7. The molecule has 9 heteroatoms. The van der Waals surface area contributed by atoms with Gasteiger partial charge in [0.25, 0.3) is 5.91 Å². The Morgan fingerprint density at radius 1 is 1.13 bits per heavy atom. The van der Waals surface area contributed by atoms with E-state index >= 15 is 0 Å². The van der Waals surface area contributed by atoms with Crippen molar-refractivity contribution in [2.45, 2.75) is 19.8 Å². The summed E-state index contributed by atoms with van der Waals surface area (Å²) in [4.78, 5) is 27.0. The number of rotatable bonds is 6. The molecule has 1 N–H and O–H groups in total. The van der Waals surface area contributed by atoms with E-state index in [-0.39, 0.29) is 18.2 Å². The predicted octanol–water partition coefficient (Wildman–Crippen LogP) is 6.58. The second kappa shape index (κ2) is 10.2. The van der Waals surface area contributed by atoms with Gasteiger partial charge in [0.05, 0.1) is 25.7 Å². The Morgan fingerprint density at radius 3 is 2.50 bits per heavy atom. The van der Waals surface area contributed by atoms with Crippen molar-refractivity contribution in [3.05, 3.63) is 67.5 Å². The molecule has 0 unspecified atom stereocenters. The first-order valence-electron chi connectivity index (χ1n) is 9.01. The zero-order valence-electron chi connectivity index (χ0n) is 15.9. The number of nitrogens with zero attached hydrogens (tertiary/aromatic N) is 1. The van der Waals surface area contributed by atoms with E-state index in [0.29, 0.717) is 42.9 Å². The number of hydrogen-bond acceptors (Lipinski definition) is 4. The second-order valence-corrected chi connectivity index (χ2v) is 9.54. The first kappa shape index (κ1) is 23.1. The summed E-state index contributed by atoms with van der Waals surface area (Å²) in [5.41, 5.74) is 2.49. The van der Waals surface area contributed by atoms with Gasteiger partial charge in [0.2, 0.25) is 5.91 Å². The number of thiocarbonyl (C=S) groups is 1. The lowest BCUT2D eigenvalue weighted by atomic mass is 10.1. The zero-order valence-corrected chi connectivity index (χ0v) is 19.8. The molecule has 0 bridgehead atoms. The summed E-state index contributed by atoms with van der Waals surface area (Å²) in [5.74, 6) is -0.380. The van der Waals surface area contributed by atoms with Crippen molar-refractivity contribution in [1.82, 2.24) is 4.90 Å². The SMILES string of the molecule is Cc1ccc(/C=C2\SC(=S)N(CCCC(=O)Nc3cc(Cl)c(Cl)cc3Cl)C2=O)cc1. The van der Waals surface area contributed by atoms with Crippen LogP contribution in [0.25, 0.3) is 6.08 Å². The minimum absolute atomic E-state index is 0.140. The molecule has 1 aliphatic rings. The van der Waals surface area contributed by atoms with E-state index in [2.05, 4.69) is 5.32 Å². The molecule has 0 saturated carbocycles. The highest BCUT2D eigenvalue weighted by atomic mass is 35.5. The van der Waals surface area contributed by atoms with Crippen molar-refractivity contribution in [1.29, 1.82) is 0 Å². The fourth-order valence-corrected chi connectivity index (χ4v) is 4.64. The molecule has 0 aromatic heterocycles. The van der Waals surface area contributed by atoms with E-state index < -0.39 is 0 Å². The number of thioether (sulfide) groups is 1. The molecule has 0 spiro atoms. The van der Waals surface area contributed by atoms with Gasteiger partial charge in [0.15, 0.2) is 0 Å². The van der Waals surface area contributed by atoms with Crippen LogP contribution in [-0.2, 0) is 9.59 Å². The first-order valence-corrected chi connectivity index (χ1v) is 11.4. The lowest BCUT2D eigenvalue weighted by molar-refractivity contribution is -0.122. The third-order valence-corrected chi connectivity index (χ3v) is 6.73. The largest absolute Gasteiger partial charge is 0.325 e. The maximum absolute atomic E-state index is 12.7. The number of carbonyl (C=O) groups excluding carboxylic acids is 2. The third kappa shape index (κ3) is 5.77. The molecule has 1 aliphatic heterocycles. The molecule has 2 aromatic carbocycles. The highest BCUT2D eigenvalue weighted by Crippen LogP contribution is 2.34. The van der Waals surface area contributed by atoms with E-state index in [0.717, 1.165) is 11.1 Å². The number of carbonyl (C=O) groups is 2. The molecule has 2 amide bonds. The molecule has 0 atom stereocenters. The van der Waals surface area contributed by atoms with Crippen LogP contribution in [0.15, 0.2) is 41.3 Å².